The van der Waals surface area contributed by atoms with E-state index in [-0.39, 0.29) is 11.8 Å². The fourth-order valence-electron chi connectivity index (χ4n) is 3.15. The molecule has 0 saturated carbocycles. The van der Waals surface area contributed by atoms with Gasteiger partial charge in [0.1, 0.15) is 5.75 Å². The zero-order valence-corrected chi connectivity index (χ0v) is 16.5. The molecule has 0 unspecified atom stereocenters. The number of anilines is 1. The molecule has 142 valence electrons. The molecular formula is C20H27ClN2O3. The predicted octanol–water partition coefficient (Wildman–Crippen LogP) is 4.42. The summed E-state index contributed by atoms with van der Waals surface area (Å²) < 4.78 is 5.47. The lowest BCUT2D eigenvalue weighted by molar-refractivity contribution is -0.127. The van der Waals surface area contributed by atoms with Gasteiger partial charge in [-0.3, -0.25) is 9.59 Å². The van der Waals surface area contributed by atoms with Crippen LogP contribution in [0.1, 0.15) is 46.5 Å². The Kier molecular flexibility index (Phi) is 7.51. The summed E-state index contributed by atoms with van der Waals surface area (Å²) in [6, 6.07) is 5.14. The number of rotatable bonds is 7. The summed E-state index contributed by atoms with van der Waals surface area (Å²) in [5.74, 6) is 0.292. The molecule has 0 spiro atoms. The first-order valence-electron chi connectivity index (χ1n) is 9.26. The highest BCUT2D eigenvalue weighted by atomic mass is 35.5. The Morgan fingerprint density at radius 2 is 1.77 bits per heavy atom. The number of carbonyl (C=O) groups excluding carboxylic acids is 2. The number of hydrogen-bond acceptors (Lipinski definition) is 3. The van der Waals surface area contributed by atoms with Crippen LogP contribution < -0.4 is 10.1 Å². The summed E-state index contributed by atoms with van der Waals surface area (Å²) in [5.41, 5.74) is 1.85. The summed E-state index contributed by atoms with van der Waals surface area (Å²) in [7, 11) is 0. The topological polar surface area (TPSA) is 58.6 Å². The summed E-state index contributed by atoms with van der Waals surface area (Å²) in [4.78, 5) is 27.4. The van der Waals surface area contributed by atoms with Crippen LogP contribution in [-0.2, 0) is 9.59 Å². The molecule has 1 aromatic rings. The van der Waals surface area contributed by atoms with Gasteiger partial charge in [0, 0.05) is 36.0 Å². The van der Waals surface area contributed by atoms with Crippen molar-refractivity contribution >= 4 is 29.1 Å². The Hall–Kier alpha value is -2.01. The van der Waals surface area contributed by atoms with Crippen molar-refractivity contribution in [1.29, 1.82) is 0 Å². The second kappa shape index (κ2) is 9.62. The smallest absolute Gasteiger partial charge is 0.252 e. The highest BCUT2D eigenvalue weighted by Gasteiger charge is 2.26. The van der Waals surface area contributed by atoms with Crippen molar-refractivity contribution in [3.05, 3.63) is 34.4 Å². The van der Waals surface area contributed by atoms with E-state index in [1.54, 1.807) is 23.1 Å². The van der Waals surface area contributed by atoms with Crippen LogP contribution in [0.4, 0.5) is 5.69 Å². The van der Waals surface area contributed by atoms with Crippen molar-refractivity contribution in [3.8, 4) is 5.75 Å². The Bertz CT molecular complexity index is 696. The van der Waals surface area contributed by atoms with Crippen LogP contribution in [0.3, 0.4) is 0 Å². The zero-order chi connectivity index (χ0) is 19.1. The molecule has 5 nitrogen and oxygen atoms in total. The van der Waals surface area contributed by atoms with Gasteiger partial charge in [0.15, 0.2) is 0 Å². The van der Waals surface area contributed by atoms with Crippen LogP contribution in [0.2, 0.25) is 5.02 Å². The summed E-state index contributed by atoms with van der Waals surface area (Å²) in [6.07, 6.45) is 3.14. The molecule has 0 radical (unpaired) electrons. The van der Waals surface area contributed by atoms with Gasteiger partial charge in [-0.15, -0.1) is 0 Å². The van der Waals surface area contributed by atoms with Crippen LogP contribution >= 0.6 is 11.6 Å². The normalized spacial score (nSPS) is 14.2. The maximum atomic E-state index is 12.8. The van der Waals surface area contributed by atoms with Crippen LogP contribution in [0.25, 0.3) is 0 Å². The maximum absolute atomic E-state index is 12.8. The molecule has 0 atom stereocenters. The van der Waals surface area contributed by atoms with Gasteiger partial charge in [-0.2, -0.15) is 0 Å². The van der Waals surface area contributed by atoms with E-state index in [1.165, 1.54) is 0 Å². The van der Waals surface area contributed by atoms with E-state index in [0.29, 0.717) is 60.1 Å². The molecular weight excluding hydrogens is 352 g/mol. The van der Waals surface area contributed by atoms with E-state index in [4.69, 9.17) is 16.3 Å². The highest BCUT2D eigenvalue weighted by molar-refractivity contribution is 6.32. The standard InChI is InChI=1S/C20H27ClN2O3/c1-4-23(5-2)20(25)16-10-8-7-9-15(16)19(24)22-14-11-12-17(21)18(13-14)26-6-3/h11-13H,4-10H2,1-3H3,(H,22,24). The van der Waals surface area contributed by atoms with Gasteiger partial charge >= 0.3 is 0 Å². The van der Waals surface area contributed by atoms with Gasteiger partial charge < -0.3 is 15.0 Å². The molecule has 0 fully saturated rings. The van der Waals surface area contributed by atoms with Crippen molar-refractivity contribution in [1.82, 2.24) is 4.90 Å². The Morgan fingerprint density at radius 3 is 2.38 bits per heavy atom. The van der Waals surface area contributed by atoms with E-state index < -0.39 is 0 Å². The minimum absolute atomic E-state index is 0.0223. The van der Waals surface area contributed by atoms with Crippen LogP contribution in [0, 0.1) is 0 Å². The predicted molar refractivity (Wildman–Crippen MR) is 105 cm³/mol. The van der Waals surface area contributed by atoms with Crippen molar-refractivity contribution in [2.45, 2.75) is 46.5 Å². The number of amides is 2. The minimum Gasteiger partial charge on any atom is -0.492 e. The lowest BCUT2D eigenvalue weighted by Crippen LogP contribution is -2.34. The molecule has 1 aliphatic rings. The first-order chi connectivity index (χ1) is 12.5. The third kappa shape index (κ3) is 4.79. The number of halogens is 1. The number of nitrogens with one attached hydrogen (secondary N) is 1. The second-order valence-electron chi connectivity index (χ2n) is 6.17. The summed E-state index contributed by atoms with van der Waals surface area (Å²) >= 11 is 6.09. The van der Waals surface area contributed by atoms with Crippen molar-refractivity contribution < 1.29 is 14.3 Å². The Morgan fingerprint density at radius 1 is 1.12 bits per heavy atom. The van der Waals surface area contributed by atoms with Gasteiger partial charge in [-0.05, 0) is 58.6 Å². The molecule has 1 aliphatic carbocycles. The maximum Gasteiger partial charge on any atom is 0.252 e. The molecule has 2 rings (SSSR count). The summed E-state index contributed by atoms with van der Waals surface area (Å²) in [5, 5.41) is 3.39. The van der Waals surface area contributed by atoms with Crippen molar-refractivity contribution in [2.24, 2.45) is 0 Å². The lowest BCUT2D eigenvalue weighted by atomic mass is 9.90. The van der Waals surface area contributed by atoms with Gasteiger partial charge in [0.25, 0.3) is 5.91 Å². The van der Waals surface area contributed by atoms with Gasteiger partial charge in [0.05, 0.1) is 11.6 Å². The molecule has 6 heteroatoms. The van der Waals surface area contributed by atoms with E-state index in [9.17, 15) is 9.59 Å². The number of nitrogens with zero attached hydrogens (tertiary/aromatic N) is 1. The van der Waals surface area contributed by atoms with Crippen molar-refractivity contribution in [3.63, 3.8) is 0 Å². The van der Waals surface area contributed by atoms with E-state index in [2.05, 4.69) is 5.32 Å². The average Bonchev–Trinajstić information content (AvgIpc) is 2.65. The molecule has 0 aromatic heterocycles. The monoisotopic (exact) mass is 378 g/mol. The Labute approximate surface area is 160 Å². The average molecular weight is 379 g/mol. The third-order valence-corrected chi connectivity index (χ3v) is 4.85. The molecule has 0 saturated heterocycles. The van der Waals surface area contributed by atoms with Gasteiger partial charge in [0.2, 0.25) is 5.91 Å². The van der Waals surface area contributed by atoms with E-state index in [1.807, 2.05) is 20.8 Å². The van der Waals surface area contributed by atoms with Gasteiger partial charge in [-0.1, -0.05) is 11.6 Å². The number of carbonyl (C=O) groups is 2. The molecule has 2 amide bonds. The van der Waals surface area contributed by atoms with Gasteiger partial charge in [-0.25, -0.2) is 0 Å². The molecule has 0 bridgehead atoms. The molecule has 0 aliphatic heterocycles. The molecule has 1 aromatic carbocycles. The minimum atomic E-state index is -0.218. The zero-order valence-electron chi connectivity index (χ0n) is 15.7. The van der Waals surface area contributed by atoms with Crippen LogP contribution in [0.15, 0.2) is 29.3 Å². The molecule has 1 N–H and O–H groups in total. The number of hydrogen-bond donors (Lipinski definition) is 1. The summed E-state index contributed by atoms with van der Waals surface area (Å²) in [6.45, 7) is 7.55. The fraction of sp³-hybridized carbons (Fsp3) is 0.500. The quantitative estimate of drug-likeness (QED) is 0.764. The lowest BCUT2D eigenvalue weighted by Gasteiger charge is -2.25. The molecule has 26 heavy (non-hydrogen) atoms. The Balaban J connectivity index is 2.25. The number of likely N-dealkylation sites (N-methyl/N-ethyl adjacent to an activating group) is 1. The number of benzene rings is 1. The second-order valence-corrected chi connectivity index (χ2v) is 6.58. The van der Waals surface area contributed by atoms with Crippen molar-refractivity contribution in [2.75, 3.05) is 25.0 Å². The fourth-order valence-corrected chi connectivity index (χ4v) is 3.32. The molecule has 0 heterocycles. The van der Waals surface area contributed by atoms with E-state index >= 15 is 0 Å². The SMILES string of the molecule is CCOc1cc(NC(=O)C2=C(C(=O)N(CC)CC)CCCC2)ccc1Cl. The number of ether oxygens (including phenoxy) is 1. The van der Waals surface area contributed by atoms with E-state index in [0.717, 1.165) is 12.8 Å². The highest BCUT2D eigenvalue weighted by Crippen LogP contribution is 2.30. The first kappa shape index (κ1) is 20.3. The third-order valence-electron chi connectivity index (χ3n) is 4.54. The largest absolute Gasteiger partial charge is 0.492 e. The van der Waals surface area contributed by atoms with Crippen LogP contribution in [0.5, 0.6) is 5.75 Å². The van der Waals surface area contributed by atoms with Crippen LogP contribution in [-0.4, -0.2) is 36.4 Å². The first-order valence-corrected chi connectivity index (χ1v) is 9.64.